The van der Waals surface area contributed by atoms with Crippen molar-refractivity contribution in [1.29, 1.82) is 0 Å². The summed E-state index contributed by atoms with van der Waals surface area (Å²) in [6.45, 7) is 0.742. The summed E-state index contributed by atoms with van der Waals surface area (Å²) >= 11 is 0. The molecular formula is C16H21F3N2O8. The van der Waals surface area contributed by atoms with Crippen LogP contribution in [0.3, 0.4) is 0 Å². The first-order valence-electron chi connectivity index (χ1n) is 8.54. The molecule has 164 valence electrons. The minimum Gasteiger partial charge on any atom is -0.388 e. The van der Waals surface area contributed by atoms with Gasteiger partial charge in [0, 0.05) is 12.6 Å². The molecule has 0 saturated carbocycles. The number of halogens is 3. The van der Waals surface area contributed by atoms with Gasteiger partial charge in [-0.1, -0.05) is 0 Å². The number of fused-ring (bicyclic) bond motifs is 2. The van der Waals surface area contributed by atoms with E-state index in [0.29, 0.717) is 0 Å². The SMILES string of the molecule is CC(=O)/C=C/C(=O)NCCOC[C@@]12CO[C@@H](O1)[C@@H](NC(=O)C(F)(F)F)[C@@H](O)[C@@H]2O. The van der Waals surface area contributed by atoms with Gasteiger partial charge in [0.05, 0.1) is 19.8 Å². The molecule has 29 heavy (non-hydrogen) atoms. The predicted octanol–water partition coefficient (Wildman–Crippen LogP) is -1.84. The van der Waals surface area contributed by atoms with Gasteiger partial charge in [0.2, 0.25) is 5.91 Å². The third kappa shape index (κ3) is 5.73. The number of aliphatic hydroxyl groups is 2. The summed E-state index contributed by atoms with van der Waals surface area (Å²) in [5.41, 5.74) is -1.54. The third-order valence-corrected chi connectivity index (χ3v) is 4.28. The Balaban J connectivity index is 1.84. The van der Waals surface area contributed by atoms with Gasteiger partial charge in [-0.05, 0) is 13.0 Å². The van der Waals surface area contributed by atoms with Crippen LogP contribution >= 0.6 is 0 Å². The summed E-state index contributed by atoms with van der Waals surface area (Å²) in [5, 5.41) is 24.4. The van der Waals surface area contributed by atoms with Crippen LogP contribution in [-0.4, -0.2) is 90.5 Å². The van der Waals surface area contributed by atoms with E-state index < -0.39 is 48.1 Å². The summed E-state index contributed by atoms with van der Waals surface area (Å²) in [6, 6.07) is -1.62. The van der Waals surface area contributed by atoms with Crippen LogP contribution in [0.2, 0.25) is 0 Å². The summed E-state index contributed by atoms with van der Waals surface area (Å²) in [5.74, 6) is -3.11. The van der Waals surface area contributed by atoms with Crippen LogP contribution < -0.4 is 10.6 Å². The number of alkyl halides is 3. The second-order valence-corrected chi connectivity index (χ2v) is 6.58. The van der Waals surface area contributed by atoms with Crippen LogP contribution in [0, 0.1) is 0 Å². The van der Waals surface area contributed by atoms with Crippen molar-refractivity contribution in [3.05, 3.63) is 12.2 Å². The van der Waals surface area contributed by atoms with Gasteiger partial charge in [-0.15, -0.1) is 0 Å². The zero-order valence-corrected chi connectivity index (χ0v) is 15.3. The van der Waals surface area contributed by atoms with E-state index in [2.05, 4.69) is 5.32 Å². The minimum absolute atomic E-state index is 0.0213. The van der Waals surface area contributed by atoms with Gasteiger partial charge in [0.15, 0.2) is 12.1 Å². The van der Waals surface area contributed by atoms with Crippen molar-refractivity contribution in [2.45, 2.75) is 43.2 Å². The fraction of sp³-hybridized carbons (Fsp3) is 0.688. The standard InChI is InChI=1S/C16H21F3N2O8/c1-8(22)2-3-9(23)20-4-5-27-6-15-7-28-13(29-15)10(11(24)12(15)25)21-14(26)16(17,18)19/h2-3,10-13,24-25H,4-7H2,1H3,(H,20,23)(H,21,26)/b3-2+/t10-,11+,12-,13-,15-/m0/s1. The fourth-order valence-corrected chi connectivity index (χ4v) is 2.81. The molecule has 10 nitrogen and oxygen atoms in total. The molecule has 2 aliphatic heterocycles. The Hall–Kier alpha value is -2.06. The zero-order valence-electron chi connectivity index (χ0n) is 15.3. The van der Waals surface area contributed by atoms with E-state index >= 15 is 0 Å². The lowest BCUT2D eigenvalue weighted by molar-refractivity contribution is -0.240. The van der Waals surface area contributed by atoms with E-state index in [9.17, 15) is 37.8 Å². The lowest BCUT2D eigenvalue weighted by Crippen LogP contribution is -2.67. The Morgan fingerprint density at radius 1 is 1.28 bits per heavy atom. The Kier molecular flexibility index (Phi) is 7.35. The summed E-state index contributed by atoms with van der Waals surface area (Å²) in [6.07, 6.45) is -7.93. The molecular weight excluding hydrogens is 405 g/mol. The number of carbonyl (C=O) groups is 3. The van der Waals surface area contributed by atoms with Crippen LogP contribution in [0.15, 0.2) is 12.2 Å². The highest BCUT2D eigenvalue weighted by Gasteiger charge is 2.60. The van der Waals surface area contributed by atoms with Crippen molar-refractivity contribution < 1.29 is 52.0 Å². The van der Waals surface area contributed by atoms with E-state index in [1.807, 2.05) is 0 Å². The second-order valence-electron chi connectivity index (χ2n) is 6.58. The molecule has 0 aromatic carbocycles. The fourth-order valence-electron chi connectivity index (χ4n) is 2.81. The second kappa shape index (κ2) is 9.17. The number of hydrogen-bond acceptors (Lipinski definition) is 8. The molecule has 13 heteroatoms. The average molecular weight is 426 g/mol. The molecule has 0 radical (unpaired) electrons. The first-order valence-corrected chi connectivity index (χ1v) is 8.54. The van der Waals surface area contributed by atoms with Gasteiger partial charge in [0.25, 0.3) is 0 Å². The monoisotopic (exact) mass is 426 g/mol. The van der Waals surface area contributed by atoms with Crippen LogP contribution in [0.4, 0.5) is 13.2 Å². The Bertz CT molecular complexity index is 671. The smallest absolute Gasteiger partial charge is 0.388 e. The molecule has 2 bridgehead atoms. The number of ketones is 1. The number of rotatable bonds is 8. The average Bonchev–Trinajstić information content (AvgIpc) is 3.03. The van der Waals surface area contributed by atoms with Crippen molar-refractivity contribution in [3.8, 4) is 0 Å². The van der Waals surface area contributed by atoms with Gasteiger partial charge >= 0.3 is 12.1 Å². The van der Waals surface area contributed by atoms with Gasteiger partial charge in [-0.3, -0.25) is 14.4 Å². The molecule has 0 unspecified atom stereocenters. The van der Waals surface area contributed by atoms with Gasteiger partial charge in [0.1, 0.15) is 23.9 Å². The van der Waals surface area contributed by atoms with Crippen molar-refractivity contribution in [2.75, 3.05) is 26.4 Å². The Morgan fingerprint density at radius 3 is 2.59 bits per heavy atom. The largest absolute Gasteiger partial charge is 0.471 e. The summed E-state index contributed by atoms with van der Waals surface area (Å²) in [4.78, 5) is 33.2. The van der Waals surface area contributed by atoms with Crippen LogP contribution in [0.5, 0.6) is 0 Å². The summed E-state index contributed by atoms with van der Waals surface area (Å²) in [7, 11) is 0. The molecule has 0 aliphatic carbocycles. The molecule has 2 amide bonds. The van der Waals surface area contributed by atoms with E-state index in [1.54, 1.807) is 5.32 Å². The highest BCUT2D eigenvalue weighted by Crippen LogP contribution is 2.37. The predicted molar refractivity (Wildman–Crippen MR) is 87.2 cm³/mol. The Morgan fingerprint density at radius 2 is 1.97 bits per heavy atom. The van der Waals surface area contributed by atoms with Crippen molar-refractivity contribution in [1.82, 2.24) is 10.6 Å². The van der Waals surface area contributed by atoms with Crippen LogP contribution in [0.25, 0.3) is 0 Å². The topological polar surface area (TPSA) is 143 Å². The van der Waals surface area contributed by atoms with Crippen molar-refractivity contribution >= 4 is 17.6 Å². The quantitative estimate of drug-likeness (QED) is 0.262. The van der Waals surface area contributed by atoms with E-state index in [-0.39, 0.29) is 32.1 Å². The zero-order chi connectivity index (χ0) is 21.8. The molecule has 2 fully saturated rings. The molecule has 0 aromatic rings. The molecule has 0 spiro atoms. The molecule has 5 atom stereocenters. The molecule has 2 saturated heterocycles. The number of ether oxygens (including phenoxy) is 3. The number of allylic oxidation sites excluding steroid dienone is 1. The van der Waals surface area contributed by atoms with Gasteiger partial charge in [-0.25, -0.2) is 0 Å². The highest BCUT2D eigenvalue weighted by molar-refractivity contribution is 5.96. The van der Waals surface area contributed by atoms with Crippen molar-refractivity contribution in [2.24, 2.45) is 0 Å². The van der Waals surface area contributed by atoms with E-state index in [4.69, 9.17) is 14.2 Å². The van der Waals surface area contributed by atoms with Crippen LogP contribution in [0.1, 0.15) is 6.92 Å². The third-order valence-electron chi connectivity index (χ3n) is 4.28. The number of aliphatic hydroxyl groups excluding tert-OH is 2. The lowest BCUT2D eigenvalue weighted by atomic mass is 9.88. The maximum absolute atomic E-state index is 12.4. The lowest BCUT2D eigenvalue weighted by Gasteiger charge is -2.42. The van der Waals surface area contributed by atoms with E-state index in [1.165, 1.54) is 6.92 Å². The molecule has 2 rings (SSSR count). The number of amides is 2. The highest BCUT2D eigenvalue weighted by atomic mass is 19.4. The van der Waals surface area contributed by atoms with Gasteiger partial charge < -0.3 is 35.1 Å². The van der Waals surface area contributed by atoms with Crippen LogP contribution in [-0.2, 0) is 28.6 Å². The number of hydrogen-bond donors (Lipinski definition) is 4. The molecule has 4 N–H and O–H groups in total. The maximum Gasteiger partial charge on any atom is 0.471 e. The maximum atomic E-state index is 12.4. The normalized spacial score (nSPS) is 31.7. The minimum atomic E-state index is -5.18. The number of nitrogens with one attached hydrogen (secondary N) is 2. The first kappa shape index (κ1) is 23.2. The Labute approximate surface area is 163 Å². The molecule has 2 heterocycles. The van der Waals surface area contributed by atoms with Crippen molar-refractivity contribution in [3.63, 3.8) is 0 Å². The van der Waals surface area contributed by atoms with E-state index in [0.717, 1.165) is 12.2 Å². The molecule has 2 aliphatic rings. The van der Waals surface area contributed by atoms with Gasteiger partial charge in [-0.2, -0.15) is 13.2 Å². The molecule has 0 aromatic heterocycles. The summed E-state index contributed by atoms with van der Waals surface area (Å²) < 4.78 is 53.2. The first-order chi connectivity index (χ1) is 13.5. The number of carbonyl (C=O) groups excluding carboxylic acids is 3.